The number of carbonyl (C=O) groups is 3. The highest BCUT2D eigenvalue weighted by Crippen LogP contribution is 2.40. The Kier molecular flexibility index (Phi) is 9.78. The average Bonchev–Trinajstić information content (AvgIpc) is 3.71. The van der Waals surface area contributed by atoms with Crippen molar-refractivity contribution < 1.29 is 23.9 Å². The molecule has 2 heterocycles. The van der Waals surface area contributed by atoms with Gasteiger partial charge in [-0.2, -0.15) is 0 Å². The van der Waals surface area contributed by atoms with Crippen LogP contribution in [0.2, 0.25) is 0 Å². The van der Waals surface area contributed by atoms with Crippen LogP contribution < -0.4 is 15.4 Å². The summed E-state index contributed by atoms with van der Waals surface area (Å²) in [6.07, 6.45) is 2.91. The van der Waals surface area contributed by atoms with Crippen LogP contribution in [0.4, 0.5) is 5.00 Å². The van der Waals surface area contributed by atoms with Gasteiger partial charge in [0, 0.05) is 4.88 Å². The highest BCUT2D eigenvalue weighted by Gasteiger charge is 2.30. The number of amides is 2. The van der Waals surface area contributed by atoms with Crippen LogP contribution in [0.3, 0.4) is 0 Å². The van der Waals surface area contributed by atoms with E-state index in [9.17, 15) is 14.4 Å². The molecule has 0 spiro atoms. The lowest BCUT2D eigenvalue weighted by Gasteiger charge is -2.16. The number of esters is 1. The van der Waals surface area contributed by atoms with Crippen molar-refractivity contribution in [2.24, 2.45) is 0 Å². The van der Waals surface area contributed by atoms with Crippen LogP contribution in [0, 0.1) is 0 Å². The number of methoxy groups -OCH3 is 1. The zero-order valence-electron chi connectivity index (χ0n) is 24.2. The lowest BCUT2D eigenvalue weighted by Crippen LogP contribution is -2.26. The largest absolute Gasteiger partial charge is 0.495 e. The lowest BCUT2D eigenvalue weighted by molar-refractivity contribution is -0.120. The van der Waals surface area contributed by atoms with Gasteiger partial charge in [0.2, 0.25) is 11.8 Å². The Morgan fingerprint density at radius 3 is 2.60 bits per heavy atom. The van der Waals surface area contributed by atoms with Gasteiger partial charge in [-0.15, -0.1) is 21.5 Å². The molecule has 1 aliphatic carbocycles. The van der Waals surface area contributed by atoms with Crippen LogP contribution in [-0.2, 0) is 40.1 Å². The van der Waals surface area contributed by atoms with E-state index < -0.39 is 11.2 Å². The summed E-state index contributed by atoms with van der Waals surface area (Å²) in [5.74, 6) is 0.240. The number of thioether (sulfide) groups is 1. The van der Waals surface area contributed by atoms with E-state index in [-0.39, 0.29) is 31.4 Å². The minimum Gasteiger partial charge on any atom is -0.495 e. The second kappa shape index (κ2) is 13.9. The third-order valence-corrected chi connectivity index (χ3v) is 9.22. The normalized spacial score (nSPS) is 12.8. The molecule has 4 aromatic rings. The molecule has 12 heteroatoms. The standard InChI is InChI=1S/C31H33N5O5S2/c1-4-41-30(39)27-21-13-10-16-24(21)43-29(27)33-28(38)19(2)42-31-35-34-25(36(31)22-14-8-9-15-23(22)40-3)18-32-26(37)17-20-11-6-5-7-12-20/h5-9,11-12,14-15,19H,4,10,13,16-18H2,1-3H3,(H,32,37)(H,33,38). The molecule has 10 nitrogen and oxygen atoms in total. The quantitative estimate of drug-likeness (QED) is 0.168. The number of hydrogen-bond acceptors (Lipinski definition) is 9. The summed E-state index contributed by atoms with van der Waals surface area (Å²) < 4.78 is 12.7. The van der Waals surface area contributed by atoms with E-state index in [1.807, 2.05) is 54.6 Å². The zero-order chi connectivity index (χ0) is 30.3. The number of aryl methyl sites for hydroxylation is 1. The predicted octanol–water partition coefficient (Wildman–Crippen LogP) is 4.98. The third kappa shape index (κ3) is 6.91. The molecule has 2 aromatic heterocycles. The van der Waals surface area contributed by atoms with E-state index in [1.54, 1.807) is 25.5 Å². The number of nitrogens with one attached hydrogen (secondary N) is 2. The Bertz CT molecular complexity index is 1620. The number of anilines is 1. The maximum atomic E-state index is 13.4. The first-order valence-electron chi connectivity index (χ1n) is 14.1. The Hall–Kier alpha value is -4.16. The van der Waals surface area contributed by atoms with Crippen molar-refractivity contribution in [3.05, 3.63) is 82.0 Å². The van der Waals surface area contributed by atoms with Crippen LogP contribution in [-0.4, -0.2) is 51.5 Å². The SMILES string of the molecule is CCOC(=O)c1c(NC(=O)C(C)Sc2nnc(CNC(=O)Cc3ccccc3)n2-c2ccccc2OC)sc2c1CCC2. The molecule has 0 saturated heterocycles. The number of benzene rings is 2. The summed E-state index contributed by atoms with van der Waals surface area (Å²) in [7, 11) is 1.58. The summed E-state index contributed by atoms with van der Waals surface area (Å²) in [5, 5.41) is 15.0. The number of ether oxygens (including phenoxy) is 2. The van der Waals surface area contributed by atoms with E-state index in [0.29, 0.717) is 33.0 Å². The van der Waals surface area contributed by atoms with Gasteiger partial charge in [-0.05, 0) is 56.4 Å². The fourth-order valence-corrected chi connectivity index (χ4v) is 7.07. The topological polar surface area (TPSA) is 124 Å². The molecule has 5 rings (SSSR count). The Morgan fingerprint density at radius 2 is 1.84 bits per heavy atom. The molecular weight excluding hydrogens is 587 g/mol. The molecule has 224 valence electrons. The van der Waals surface area contributed by atoms with Crippen LogP contribution in [0.25, 0.3) is 5.69 Å². The molecule has 1 unspecified atom stereocenters. The van der Waals surface area contributed by atoms with Gasteiger partial charge in [0.05, 0.1) is 43.2 Å². The predicted molar refractivity (Wildman–Crippen MR) is 166 cm³/mol. The van der Waals surface area contributed by atoms with Crippen molar-refractivity contribution in [1.29, 1.82) is 0 Å². The molecule has 1 aliphatic rings. The van der Waals surface area contributed by atoms with Crippen LogP contribution >= 0.6 is 23.1 Å². The molecule has 0 radical (unpaired) electrons. The first-order chi connectivity index (χ1) is 20.9. The molecule has 2 N–H and O–H groups in total. The van der Waals surface area contributed by atoms with Crippen LogP contribution in [0.15, 0.2) is 59.8 Å². The molecule has 2 aromatic carbocycles. The second-order valence-corrected chi connectivity index (χ2v) is 12.3. The number of para-hydroxylation sites is 2. The van der Waals surface area contributed by atoms with Crippen molar-refractivity contribution >= 4 is 45.9 Å². The molecule has 0 bridgehead atoms. The summed E-state index contributed by atoms with van der Waals surface area (Å²) in [6.45, 7) is 3.93. The fourth-order valence-electron chi connectivity index (χ4n) is 4.91. The summed E-state index contributed by atoms with van der Waals surface area (Å²) in [4.78, 5) is 40.0. The molecular formula is C31H33N5O5S2. The number of hydrogen-bond donors (Lipinski definition) is 2. The highest BCUT2D eigenvalue weighted by atomic mass is 32.2. The summed E-state index contributed by atoms with van der Waals surface area (Å²) >= 11 is 2.66. The number of thiophene rings is 1. The van der Waals surface area contributed by atoms with E-state index in [2.05, 4.69) is 20.8 Å². The third-order valence-electron chi connectivity index (χ3n) is 6.97. The van der Waals surface area contributed by atoms with Gasteiger partial charge in [-0.25, -0.2) is 4.79 Å². The van der Waals surface area contributed by atoms with Crippen LogP contribution in [0.5, 0.6) is 5.75 Å². The first kappa shape index (κ1) is 30.3. The van der Waals surface area contributed by atoms with Gasteiger partial charge in [0.25, 0.3) is 0 Å². The van der Waals surface area contributed by atoms with Crippen molar-refractivity contribution in [3.8, 4) is 11.4 Å². The van der Waals surface area contributed by atoms with Gasteiger partial charge in [0.15, 0.2) is 11.0 Å². The summed E-state index contributed by atoms with van der Waals surface area (Å²) in [5.41, 5.74) is 3.03. The van der Waals surface area contributed by atoms with Gasteiger partial charge in [-0.1, -0.05) is 54.2 Å². The first-order valence-corrected chi connectivity index (χ1v) is 15.8. The molecule has 2 amide bonds. The molecule has 0 fully saturated rings. The Balaban J connectivity index is 1.36. The maximum Gasteiger partial charge on any atom is 0.341 e. The minimum absolute atomic E-state index is 0.126. The number of fused-ring (bicyclic) bond motifs is 1. The monoisotopic (exact) mass is 619 g/mol. The van der Waals surface area contributed by atoms with Crippen molar-refractivity contribution in [3.63, 3.8) is 0 Å². The molecule has 1 atom stereocenters. The number of rotatable bonds is 12. The number of aromatic nitrogens is 3. The van der Waals surface area contributed by atoms with Gasteiger partial charge in [-0.3, -0.25) is 14.2 Å². The number of carbonyl (C=O) groups excluding carboxylic acids is 3. The highest BCUT2D eigenvalue weighted by molar-refractivity contribution is 8.00. The maximum absolute atomic E-state index is 13.4. The van der Waals surface area contributed by atoms with Gasteiger partial charge >= 0.3 is 5.97 Å². The zero-order valence-corrected chi connectivity index (χ0v) is 25.8. The van der Waals surface area contributed by atoms with Crippen molar-refractivity contribution in [1.82, 2.24) is 20.1 Å². The van der Waals surface area contributed by atoms with Gasteiger partial charge < -0.3 is 20.1 Å². The summed E-state index contributed by atoms with van der Waals surface area (Å²) in [6, 6.07) is 16.9. The molecule has 0 aliphatic heterocycles. The Labute approximate surface area is 258 Å². The molecule has 0 saturated carbocycles. The number of nitrogens with zero attached hydrogens (tertiary/aromatic N) is 3. The fraction of sp³-hybridized carbons (Fsp3) is 0.323. The van der Waals surface area contributed by atoms with Crippen molar-refractivity contribution in [2.75, 3.05) is 19.0 Å². The van der Waals surface area contributed by atoms with Crippen LogP contribution in [0.1, 0.15) is 52.5 Å². The van der Waals surface area contributed by atoms with E-state index >= 15 is 0 Å². The van der Waals surface area contributed by atoms with E-state index in [1.165, 1.54) is 23.1 Å². The van der Waals surface area contributed by atoms with Gasteiger partial charge in [0.1, 0.15) is 10.8 Å². The molecule has 43 heavy (non-hydrogen) atoms. The smallest absolute Gasteiger partial charge is 0.341 e. The Morgan fingerprint density at radius 1 is 1.07 bits per heavy atom. The second-order valence-electron chi connectivity index (χ2n) is 9.88. The minimum atomic E-state index is -0.592. The van der Waals surface area contributed by atoms with E-state index in [0.717, 1.165) is 35.3 Å². The van der Waals surface area contributed by atoms with E-state index in [4.69, 9.17) is 9.47 Å². The average molecular weight is 620 g/mol. The lowest BCUT2D eigenvalue weighted by atomic mass is 10.1. The van der Waals surface area contributed by atoms with Crippen molar-refractivity contribution in [2.45, 2.75) is 56.5 Å².